The molecule has 0 aliphatic carbocycles. The van der Waals surface area contributed by atoms with Gasteiger partial charge in [0.15, 0.2) is 0 Å². The molecule has 2 N–H and O–H groups in total. The molecule has 1 aromatic heterocycles. The molecular weight excluding hydrogens is 348 g/mol. The molecule has 4 rings (SSSR count). The Morgan fingerprint density at radius 2 is 1.77 bits per heavy atom. The monoisotopic (exact) mass is 366 g/mol. The fourth-order valence-electron chi connectivity index (χ4n) is 2.99. The normalized spacial score (nSPS) is 16.5. The smallest absolute Gasteiger partial charge is 0.0991 e. The zero-order chi connectivity index (χ0) is 17.1. The van der Waals surface area contributed by atoms with Gasteiger partial charge in [0, 0.05) is 18.7 Å². The van der Waals surface area contributed by atoms with Crippen LogP contribution in [0.15, 0.2) is 54.6 Å². The molecule has 0 amide bonds. The number of benzene rings is 2. The third kappa shape index (κ3) is 3.78. The molecule has 2 heterocycles. The number of rotatable bonds is 3. The van der Waals surface area contributed by atoms with E-state index in [0.717, 1.165) is 42.2 Å². The Hall–Kier alpha value is -2.65. The predicted molar refractivity (Wildman–Crippen MR) is 103 cm³/mol. The van der Waals surface area contributed by atoms with Crippen LogP contribution in [0.5, 0.6) is 0 Å². The van der Waals surface area contributed by atoms with Gasteiger partial charge in [0.05, 0.1) is 35.7 Å². The number of nitrogens with one attached hydrogen (secondary N) is 2. The maximum absolute atomic E-state index is 8.89. The van der Waals surface area contributed by atoms with Crippen molar-refractivity contribution in [3.63, 3.8) is 0 Å². The Morgan fingerprint density at radius 3 is 2.42 bits per heavy atom. The Balaban J connectivity index is 0.00000196. The summed E-state index contributed by atoms with van der Waals surface area (Å²) < 4.78 is 5.78. The molecule has 1 aliphatic heterocycles. The molecule has 2 aromatic carbocycles. The van der Waals surface area contributed by atoms with Gasteiger partial charge in [-0.2, -0.15) is 10.4 Å². The first-order valence-electron chi connectivity index (χ1n) is 8.32. The van der Waals surface area contributed by atoms with E-state index in [2.05, 4.69) is 45.8 Å². The van der Waals surface area contributed by atoms with E-state index in [0.29, 0.717) is 5.56 Å². The zero-order valence-corrected chi connectivity index (χ0v) is 14.9. The van der Waals surface area contributed by atoms with Crippen LogP contribution < -0.4 is 5.32 Å². The van der Waals surface area contributed by atoms with Crippen molar-refractivity contribution in [2.24, 2.45) is 0 Å². The van der Waals surface area contributed by atoms with Gasteiger partial charge in [-0.3, -0.25) is 5.10 Å². The minimum Gasteiger partial charge on any atom is -0.371 e. The van der Waals surface area contributed by atoms with Crippen molar-refractivity contribution < 1.29 is 4.74 Å². The average molecular weight is 367 g/mol. The minimum atomic E-state index is 0. The highest BCUT2D eigenvalue weighted by atomic mass is 35.5. The summed E-state index contributed by atoms with van der Waals surface area (Å²) in [6.45, 7) is 2.52. The molecule has 26 heavy (non-hydrogen) atoms. The highest BCUT2D eigenvalue weighted by molar-refractivity contribution is 5.85. The second kappa shape index (κ2) is 8.15. The highest BCUT2D eigenvalue weighted by Gasteiger charge is 2.15. The number of aromatic amines is 1. The van der Waals surface area contributed by atoms with Crippen LogP contribution in [0.25, 0.3) is 22.5 Å². The summed E-state index contributed by atoms with van der Waals surface area (Å²) in [5.74, 6) is 0. The van der Waals surface area contributed by atoms with E-state index in [1.165, 1.54) is 5.56 Å². The third-order valence-electron chi connectivity index (χ3n) is 4.41. The van der Waals surface area contributed by atoms with E-state index in [1.54, 1.807) is 0 Å². The van der Waals surface area contributed by atoms with Gasteiger partial charge < -0.3 is 10.1 Å². The predicted octanol–water partition coefficient (Wildman–Crippen LogP) is 3.70. The van der Waals surface area contributed by atoms with E-state index < -0.39 is 0 Å². The lowest BCUT2D eigenvalue weighted by Gasteiger charge is -2.24. The summed E-state index contributed by atoms with van der Waals surface area (Å²) in [4.78, 5) is 0. The largest absolute Gasteiger partial charge is 0.371 e. The van der Waals surface area contributed by atoms with Crippen molar-refractivity contribution in [2.75, 3.05) is 19.7 Å². The van der Waals surface area contributed by atoms with Gasteiger partial charge in [0.2, 0.25) is 0 Å². The zero-order valence-electron chi connectivity index (χ0n) is 14.1. The SMILES string of the molecule is Cl.N#Cc1ccc(-c2cc(-c3ccc([C@@H]4CNCCO4)cc3)n[nH]2)cc1. The number of nitriles is 1. The van der Waals surface area contributed by atoms with Crippen LogP contribution >= 0.6 is 12.4 Å². The van der Waals surface area contributed by atoms with Gasteiger partial charge >= 0.3 is 0 Å². The Kier molecular flexibility index (Phi) is 5.69. The van der Waals surface area contributed by atoms with Crippen LogP contribution in [0.2, 0.25) is 0 Å². The lowest BCUT2D eigenvalue weighted by Crippen LogP contribution is -2.33. The lowest BCUT2D eigenvalue weighted by molar-refractivity contribution is 0.0277. The molecule has 0 saturated carbocycles. The second-order valence-electron chi connectivity index (χ2n) is 6.04. The van der Waals surface area contributed by atoms with E-state index in [4.69, 9.17) is 10.00 Å². The van der Waals surface area contributed by atoms with Crippen molar-refractivity contribution in [1.82, 2.24) is 15.5 Å². The van der Waals surface area contributed by atoms with Crippen molar-refractivity contribution in [3.05, 3.63) is 65.7 Å². The number of nitrogens with zero attached hydrogens (tertiary/aromatic N) is 2. The maximum Gasteiger partial charge on any atom is 0.0991 e. The molecule has 1 fully saturated rings. The first kappa shape index (κ1) is 18.2. The molecule has 5 nitrogen and oxygen atoms in total. The molecule has 6 heteroatoms. The maximum atomic E-state index is 8.89. The molecule has 0 unspecified atom stereocenters. The van der Waals surface area contributed by atoms with E-state index in [9.17, 15) is 0 Å². The second-order valence-corrected chi connectivity index (χ2v) is 6.04. The topological polar surface area (TPSA) is 73.7 Å². The Morgan fingerprint density at radius 1 is 1.04 bits per heavy atom. The number of ether oxygens (including phenoxy) is 1. The van der Waals surface area contributed by atoms with Crippen LogP contribution in [0.1, 0.15) is 17.2 Å². The molecule has 1 aliphatic rings. The average Bonchev–Trinajstić information content (AvgIpc) is 3.19. The van der Waals surface area contributed by atoms with Crippen molar-refractivity contribution in [3.8, 4) is 28.6 Å². The molecule has 132 valence electrons. The van der Waals surface area contributed by atoms with Crippen LogP contribution in [-0.2, 0) is 4.74 Å². The number of H-pyrrole nitrogens is 1. The number of hydrogen-bond acceptors (Lipinski definition) is 4. The molecule has 0 bridgehead atoms. The minimum absolute atomic E-state index is 0. The summed E-state index contributed by atoms with van der Waals surface area (Å²) >= 11 is 0. The molecule has 1 saturated heterocycles. The first-order chi connectivity index (χ1) is 12.3. The van der Waals surface area contributed by atoms with Gasteiger partial charge in [0.25, 0.3) is 0 Å². The quantitative estimate of drug-likeness (QED) is 0.741. The number of hydrogen-bond donors (Lipinski definition) is 2. The Labute approximate surface area is 158 Å². The van der Waals surface area contributed by atoms with E-state index >= 15 is 0 Å². The van der Waals surface area contributed by atoms with Gasteiger partial charge in [-0.25, -0.2) is 0 Å². The van der Waals surface area contributed by atoms with Gasteiger partial charge in [-0.15, -0.1) is 12.4 Å². The van der Waals surface area contributed by atoms with Gasteiger partial charge in [-0.1, -0.05) is 36.4 Å². The van der Waals surface area contributed by atoms with Crippen molar-refractivity contribution >= 4 is 12.4 Å². The fraction of sp³-hybridized carbons (Fsp3) is 0.200. The fourth-order valence-corrected chi connectivity index (χ4v) is 2.99. The van der Waals surface area contributed by atoms with Crippen LogP contribution in [0, 0.1) is 11.3 Å². The molecule has 0 spiro atoms. The third-order valence-corrected chi connectivity index (χ3v) is 4.41. The number of halogens is 1. The van der Waals surface area contributed by atoms with Crippen LogP contribution in [-0.4, -0.2) is 29.9 Å². The highest BCUT2D eigenvalue weighted by Crippen LogP contribution is 2.26. The van der Waals surface area contributed by atoms with Crippen LogP contribution in [0.3, 0.4) is 0 Å². The molecular formula is C20H19ClN4O. The van der Waals surface area contributed by atoms with E-state index in [-0.39, 0.29) is 18.5 Å². The molecule has 1 atom stereocenters. The van der Waals surface area contributed by atoms with Crippen molar-refractivity contribution in [2.45, 2.75) is 6.10 Å². The Bertz CT molecular complexity index is 891. The standard InChI is InChI=1S/C20H18N4O.ClH/c21-12-14-1-3-15(4-2-14)18-11-19(24-23-18)16-5-7-17(8-6-16)20-13-22-9-10-25-20;/h1-8,11,20,22H,9-10,13H2,(H,23,24);1H/t20-;/m0./s1. The number of aromatic nitrogens is 2. The van der Waals surface area contributed by atoms with E-state index in [1.807, 2.05) is 30.3 Å². The first-order valence-corrected chi connectivity index (χ1v) is 8.32. The molecule has 0 radical (unpaired) electrons. The lowest BCUT2D eigenvalue weighted by atomic mass is 10.0. The van der Waals surface area contributed by atoms with Crippen molar-refractivity contribution in [1.29, 1.82) is 5.26 Å². The summed E-state index contributed by atoms with van der Waals surface area (Å²) in [6.07, 6.45) is 0.121. The summed E-state index contributed by atoms with van der Waals surface area (Å²) in [5, 5.41) is 19.7. The van der Waals surface area contributed by atoms with Crippen LogP contribution in [0.4, 0.5) is 0 Å². The summed E-state index contributed by atoms with van der Waals surface area (Å²) in [6, 6.07) is 20.0. The van der Waals surface area contributed by atoms with Gasteiger partial charge in [-0.05, 0) is 29.3 Å². The van der Waals surface area contributed by atoms with Gasteiger partial charge in [0.1, 0.15) is 0 Å². The number of morpholine rings is 1. The molecule has 3 aromatic rings. The summed E-state index contributed by atoms with van der Waals surface area (Å²) in [7, 11) is 0. The summed E-state index contributed by atoms with van der Waals surface area (Å²) in [5.41, 5.74) is 5.73.